The number of carboxylic acid groups (broad SMARTS) is 1. The topological polar surface area (TPSA) is 248 Å². The normalized spacial score (nSPS) is 19.0. The SMILES string of the molecule is CC1(C)[C@H](NC(=O)/C(=N\O[C@@H](COc2ccc3nc(N4CCNCC4)ccc3c2)C(=O)O)c2csc(N)n2)C(=O)N1OS(=O)(=O)O. The van der Waals surface area contributed by atoms with E-state index in [-0.39, 0.29) is 10.8 Å². The van der Waals surface area contributed by atoms with Gasteiger partial charge in [-0.05, 0) is 44.2 Å². The zero-order valence-corrected chi connectivity index (χ0v) is 26.1. The summed E-state index contributed by atoms with van der Waals surface area (Å²) in [5, 5.41) is 21.7. The number of benzene rings is 1. The summed E-state index contributed by atoms with van der Waals surface area (Å²) in [6, 6.07) is 7.58. The molecule has 0 unspecified atom stereocenters. The second-order valence-electron chi connectivity index (χ2n) is 10.7. The Morgan fingerprint density at radius 1 is 1.24 bits per heavy atom. The van der Waals surface area contributed by atoms with Crippen LogP contribution in [0.1, 0.15) is 19.5 Å². The Balaban J connectivity index is 1.28. The van der Waals surface area contributed by atoms with Crippen LogP contribution in [0.4, 0.5) is 10.9 Å². The van der Waals surface area contributed by atoms with Crippen LogP contribution >= 0.6 is 11.3 Å². The molecule has 2 fully saturated rings. The van der Waals surface area contributed by atoms with Gasteiger partial charge in [0, 0.05) is 36.9 Å². The Hall–Kier alpha value is -4.63. The number of ether oxygens (including phenoxy) is 1. The molecule has 2 amide bonds. The van der Waals surface area contributed by atoms with E-state index >= 15 is 0 Å². The highest BCUT2D eigenvalue weighted by atomic mass is 32.3. The summed E-state index contributed by atoms with van der Waals surface area (Å²) in [5.41, 5.74) is 4.41. The number of thiazole rings is 1. The van der Waals surface area contributed by atoms with E-state index in [9.17, 15) is 27.9 Å². The van der Waals surface area contributed by atoms with Gasteiger partial charge in [-0.15, -0.1) is 15.6 Å². The maximum atomic E-state index is 13.2. The van der Waals surface area contributed by atoms with Crippen LogP contribution in [0.15, 0.2) is 40.9 Å². The van der Waals surface area contributed by atoms with Crippen molar-refractivity contribution < 1.29 is 46.3 Å². The summed E-state index contributed by atoms with van der Waals surface area (Å²) in [5.74, 6) is -2.25. The first-order chi connectivity index (χ1) is 21.7. The standard InChI is InChI=1S/C26H30N8O10S2/c1-26(2)21(23(36)34(26)44-46(39,40)41)31-22(35)20(17-13-45-25(27)30-17)32-43-18(24(37)38)12-42-15-4-5-16-14(11-15)3-6-19(29-16)33-9-7-28-8-10-33/h3-6,11,13,18,21,28H,7-10,12H2,1-2H3,(H2,27,30)(H,31,35)(H,37,38)(H,39,40,41)/b32-20-/t18-,21+/m0/s1. The van der Waals surface area contributed by atoms with Gasteiger partial charge in [0.05, 0.1) is 11.1 Å². The number of nitrogens with one attached hydrogen (secondary N) is 2. The predicted octanol–water partition coefficient (Wildman–Crippen LogP) is -0.224. The number of anilines is 2. The number of nitrogens with zero attached hydrogens (tertiary/aromatic N) is 5. The maximum Gasteiger partial charge on any atom is 0.418 e. The number of hydrogen-bond acceptors (Lipinski definition) is 15. The molecule has 246 valence electrons. The molecule has 0 spiro atoms. The molecule has 2 atom stereocenters. The maximum absolute atomic E-state index is 13.2. The number of rotatable bonds is 12. The number of amides is 2. The molecule has 20 heteroatoms. The van der Waals surface area contributed by atoms with E-state index in [0.717, 1.165) is 54.2 Å². The van der Waals surface area contributed by atoms with E-state index in [4.69, 9.17) is 24.8 Å². The van der Waals surface area contributed by atoms with Crippen molar-refractivity contribution in [1.29, 1.82) is 0 Å². The van der Waals surface area contributed by atoms with Gasteiger partial charge >= 0.3 is 16.4 Å². The van der Waals surface area contributed by atoms with Crippen molar-refractivity contribution in [3.05, 3.63) is 41.4 Å². The average Bonchev–Trinajstić information content (AvgIpc) is 3.45. The molecule has 2 aliphatic rings. The molecule has 46 heavy (non-hydrogen) atoms. The van der Waals surface area contributed by atoms with Crippen molar-refractivity contribution >= 4 is 67.1 Å². The van der Waals surface area contributed by atoms with Gasteiger partial charge in [-0.2, -0.15) is 13.5 Å². The van der Waals surface area contributed by atoms with Crippen LogP contribution in [0.5, 0.6) is 5.75 Å². The molecule has 0 radical (unpaired) electrons. The third kappa shape index (κ3) is 7.26. The molecule has 0 bridgehead atoms. The first-order valence-corrected chi connectivity index (χ1v) is 16.0. The number of carbonyl (C=O) groups excluding carboxylic acids is 2. The quantitative estimate of drug-likeness (QED) is 0.0719. The second-order valence-corrected chi connectivity index (χ2v) is 12.6. The van der Waals surface area contributed by atoms with Crippen LogP contribution in [-0.2, 0) is 33.9 Å². The number of pyridine rings is 1. The van der Waals surface area contributed by atoms with Crippen molar-refractivity contribution in [1.82, 2.24) is 25.7 Å². The van der Waals surface area contributed by atoms with Crippen LogP contribution in [0.25, 0.3) is 10.9 Å². The molecule has 3 aromatic rings. The van der Waals surface area contributed by atoms with Crippen molar-refractivity contribution in [2.75, 3.05) is 43.4 Å². The second kappa shape index (κ2) is 13.0. The molecule has 4 heterocycles. The number of nitrogen functional groups attached to an aromatic ring is 1. The fourth-order valence-corrected chi connectivity index (χ4v) is 5.71. The molecule has 2 aliphatic heterocycles. The lowest BCUT2D eigenvalue weighted by atomic mass is 9.84. The van der Waals surface area contributed by atoms with E-state index in [2.05, 4.69) is 30.0 Å². The number of oxime groups is 1. The van der Waals surface area contributed by atoms with E-state index in [0.29, 0.717) is 10.8 Å². The Morgan fingerprint density at radius 2 is 1.98 bits per heavy atom. The number of nitrogens with two attached hydrogens (primary N) is 1. The van der Waals surface area contributed by atoms with Crippen LogP contribution < -0.4 is 26.0 Å². The average molecular weight is 679 g/mol. The van der Waals surface area contributed by atoms with Crippen molar-refractivity contribution in [3.63, 3.8) is 0 Å². The third-order valence-electron chi connectivity index (χ3n) is 7.14. The summed E-state index contributed by atoms with van der Waals surface area (Å²) in [6.45, 7) is 5.67. The number of aliphatic carboxylic acids is 1. The smallest absolute Gasteiger partial charge is 0.418 e. The van der Waals surface area contributed by atoms with Crippen LogP contribution in [-0.4, -0.2) is 107 Å². The van der Waals surface area contributed by atoms with Crippen LogP contribution in [0.2, 0.25) is 0 Å². The molecule has 0 saturated carbocycles. The lowest BCUT2D eigenvalue weighted by Crippen LogP contribution is -2.76. The highest BCUT2D eigenvalue weighted by Crippen LogP contribution is 2.33. The summed E-state index contributed by atoms with van der Waals surface area (Å²) >= 11 is 0.963. The fraction of sp³-hybridized carbons (Fsp3) is 0.385. The first-order valence-electron chi connectivity index (χ1n) is 13.7. The number of aromatic nitrogens is 2. The molecular formula is C26H30N8O10S2. The van der Waals surface area contributed by atoms with E-state index in [1.165, 1.54) is 19.2 Å². The Kier molecular flexibility index (Phi) is 9.26. The van der Waals surface area contributed by atoms with E-state index in [1.807, 2.05) is 12.1 Å². The lowest BCUT2D eigenvalue weighted by molar-refractivity contribution is -0.218. The molecule has 2 saturated heterocycles. The molecular weight excluding hydrogens is 648 g/mol. The Bertz CT molecular complexity index is 1790. The summed E-state index contributed by atoms with van der Waals surface area (Å²) < 4.78 is 41.1. The molecule has 18 nitrogen and oxygen atoms in total. The predicted molar refractivity (Wildman–Crippen MR) is 163 cm³/mol. The van der Waals surface area contributed by atoms with E-state index < -0.39 is 58.2 Å². The van der Waals surface area contributed by atoms with Gasteiger partial charge in [0.15, 0.2) is 10.8 Å². The van der Waals surface area contributed by atoms with Gasteiger partial charge in [0.2, 0.25) is 0 Å². The zero-order chi connectivity index (χ0) is 33.2. The largest absolute Gasteiger partial charge is 0.489 e. The van der Waals surface area contributed by atoms with Crippen molar-refractivity contribution in [3.8, 4) is 5.75 Å². The highest BCUT2D eigenvalue weighted by Gasteiger charge is 2.58. The number of fused-ring (bicyclic) bond motifs is 1. The minimum absolute atomic E-state index is 0.0623. The highest BCUT2D eigenvalue weighted by molar-refractivity contribution is 7.80. The first kappa shape index (κ1) is 32.8. The number of hydroxylamine groups is 2. The van der Waals surface area contributed by atoms with Gasteiger partial charge < -0.3 is 35.9 Å². The molecule has 1 aromatic carbocycles. The van der Waals surface area contributed by atoms with Crippen molar-refractivity contribution in [2.45, 2.75) is 31.5 Å². The minimum Gasteiger partial charge on any atom is -0.489 e. The lowest BCUT2D eigenvalue weighted by Gasteiger charge is -2.50. The minimum atomic E-state index is -5.01. The van der Waals surface area contributed by atoms with Crippen LogP contribution in [0, 0.1) is 0 Å². The molecule has 2 aromatic heterocycles. The number of carboxylic acids is 1. The van der Waals surface area contributed by atoms with E-state index in [1.54, 1.807) is 18.2 Å². The molecule has 0 aliphatic carbocycles. The summed E-state index contributed by atoms with van der Waals surface area (Å²) in [4.78, 5) is 53.8. The van der Waals surface area contributed by atoms with Gasteiger partial charge in [0.1, 0.15) is 29.9 Å². The number of piperazine rings is 1. The Labute approximate surface area is 266 Å². The summed E-state index contributed by atoms with van der Waals surface area (Å²) in [7, 11) is -5.01. The summed E-state index contributed by atoms with van der Waals surface area (Å²) in [6.07, 6.45) is -1.68. The number of β-lactam (4-membered cyclic amide) rings is 1. The van der Waals surface area contributed by atoms with Crippen molar-refractivity contribution in [2.24, 2.45) is 5.16 Å². The van der Waals surface area contributed by atoms with Gasteiger partial charge in [-0.25, -0.2) is 14.8 Å². The fourth-order valence-electron chi connectivity index (χ4n) is 4.71. The molecule has 5 rings (SSSR count). The monoisotopic (exact) mass is 678 g/mol. The molecule has 6 N–H and O–H groups in total. The van der Waals surface area contributed by atoms with Gasteiger partial charge in [-0.3, -0.25) is 14.1 Å². The van der Waals surface area contributed by atoms with Gasteiger partial charge in [0.25, 0.3) is 17.9 Å². The number of hydrogen-bond donors (Lipinski definition) is 5. The third-order valence-corrected chi connectivity index (χ3v) is 8.15. The number of carbonyl (C=O) groups is 3. The zero-order valence-electron chi connectivity index (χ0n) is 24.4. The Morgan fingerprint density at radius 3 is 2.61 bits per heavy atom. The van der Waals surface area contributed by atoms with Crippen LogP contribution in [0.3, 0.4) is 0 Å². The van der Waals surface area contributed by atoms with Gasteiger partial charge in [-0.1, -0.05) is 5.16 Å².